The van der Waals surface area contributed by atoms with Gasteiger partial charge in [0, 0.05) is 13.1 Å². The molecule has 0 saturated carbocycles. The standard InChI is InChI=1S/C21H34N2.C2H6/c1-6-17(2)14-18(3)19(4)15-23-16-21-11-8-7-10-20(21)12-9-13-22-5;1-2/h6-8,10-11,14,19,22-23H,9,12-13,15-16H2,1-5H3;1-2H3/b17-6-,18-14+;. The van der Waals surface area contributed by atoms with E-state index in [-0.39, 0.29) is 0 Å². The molecule has 1 aromatic rings. The van der Waals surface area contributed by atoms with Gasteiger partial charge in [0.1, 0.15) is 0 Å². The van der Waals surface area contributed by atoms with E-state index < -0.39 is 0 Å². The summed E-state index contributed by atoms with van der Waals surface area (Å²) in [6.07, 6.45) is 6.78. The Kier molecular flexibility index (Phi) is 14.1. The van der Waals surface area contributed by atoms with Crippen LogP contribution >= 0.6 is 0 Å². The summed E-state index contributed by atoms with van der Waals surface area (Å²) in [5.41, 5.74) is 5.68. The molecule has 0 amide bonds. The minimum Gasteiger partial charge on any atom is -0.320 e. The predicted molar refractivity (Wildman–Crippen MR) is 114 cm³/mol. The molecule has 1 unspecified atom stereocenters. The van der Waals surface area contributed by atoms with E-state index in [1.165, 1.54) is 28.7 Å². The topological polar surface area (TPSA) is 24.1 Å². The lowest BCUT2D eigenvalue weighted by Crippen LogP contribution is -2.22. The molecule has 0 fully saturated rings. The maximum absolute atomic E-state index is 3.63. The van der Waals surface area contributed by atoms with Crippen molar-refractivity contribution in [2.45, 2.75) is 60.9 Å². The molecule has 0 radical (unpaired) electrons. The van der Waals surface area contributed by atoms with Crippen LogP contribution in [0, 0.1) is 5.92 Å². The fourth-order valence-electron chi connectivity index (χ4n) is 2.60. The largest absolute Gasteiger partial charge is 0.320 e. The number of hydrogen-bond donors (Lipinski definition) is 2. The van der Waals surface area contributed by atoms with Gasteiger partial charge in [-0.1, -0.05) is 68.3 Å². The zero-order valence-electron chi connectivity index (χ0n) is 17.6. The maximum Gasteiger partial charge on any atom is 0.0208 e. The molecule has 1 rings (SSSR count). The molecular weight excluding hydrogens is 304 g/mol. The van der Waals surface area contributed by atoms with Crippen molar-refractivity contribution in [1.29, 1.82) is 0 Å². The van der Waals surface area contributed by atoms with Crippen LogP contribution in [0.25, 0.3) is 0 Å². The highest BCUT2D eigenvalue weighted by Crippen LogP contribution is 2.14. The van der Waals surface area contributed by atoms with Crippen molar-refractivity contribution in [3.63, 3.8) is 0 Å². The molecule has 0 aliphatic rings. The van der Waals surface area contributed by atoms with Gasteiger partial charge in [-0.2, -0.15) is 0 Å². The van der Waals surface area contributed by atoms with Crippen LogP contribution in [0.3, 0.4) is 0 Å². The summed E-state index contributed by atoms with van der Waals surface area (Å²) in [6, 6.07) is 8.80. The first-order valence-electron chi connectivity index (χ1n) is 9.81. The lowest BCUT2D eigenvalue weighted by molar-refractivity contribution is 0.569. The SMILES string of the molecule is C/C=C(C)\C=C(/C)C(C)CNCc1ccccc1CCCNC.CC. The highest BCUT2D eigenvalue weighted by molar-refractivity contribution is 5.27. The molecule has 1 aromatic carbocycles. The molecule has 0 aromatic heterocycles. The molecule has 142 valence electrons. The van der Waals surface area contributed by atoms with Crippen LogP contribution in [-0.2, 0) is 13.0 Å². The van der Waals surface area contributed by atoms with Crippen LogP contribution in [0.2, 0.25) is 0 Å². The third-order valence-electron chi connectivity index (χ3n) is 4.45. The van der Waals surface area contributed by atoms with Crippen molar-refractivity contribution < 1.29 is 0 Å². The second kappa shape index (κ2) is 14.9. The number of nitrogens with one attached hydrogen (secondary N) is 2. The predicted octanol–water partition coefficient (Wildman–Crippen LogP) is 5.50. The summed E-state index contributed by atoms with van der Waals surface area (Å²) in [4.78, 5) is 0. The number of aryl methyl sites for hydroxylation is 1. The zero-order chi connectivity index (χ0) is 19.1. The second-order valence-corrected chi connectivity index (χ2v) is 6.43. The number of allylic oxidation sites excluding steroid dienone is 3. The Bertz CT molecular complexity index is 515. The molecule has 0 heterocycles. The molecule has 2 nitrogen and oxygen atoms in total. The normalized spacial score (nSPS) is 13.2. The van der Waals surface area contributed by atoms with Gasteiger partial charge in [-0.25, -0.2) is 0 Å². The highest BCUT2D eigenvalue weighted by Gasteiger charge is 2.06. The first-order valence-corrected chi connectivity index (χ1v) is 9.81. The lowest BCUT2D eigenvalue weighted by Gasteiger charge is -2.15. The average Bonchev–Trinajstić information content (AvgIpc) is 2.64. The van der Waals surface area contributed by atoms with Crippen molar-refractivity contribution in [3.05, 3.63) is 58.7 Å². The van der Waals surface area contributed by atoms with E-state index in [9.17, 15) is 0 Å². The third-order valence-corrected chi connectivity index (χ3v) is 4.45. The summed E-state index contributed by atoms with van der Waals surface area (Å²) in [7, 11) is 2.01. The Balaban J connectivity index is 0.00000277. The van der Waals surface area contributed by atoms with Crippen LogP contribution < -0.4 is 10.6 Å². The quantitative estimate of drug-likeness (QED) is 0.432. The van der Waals surface area contributed by atoms with E-state index >= 15 is 0 Å². The van der Waals surface area contributed by atoms with Gasteiger partial charge >= 0.3 is 0 Å². The Hall–Kier alpha value is -1.38. The van der Waals surface area contributed by atoms with Gasteiger partial charge < -0.3 is 10.6 Å². The second-order valence-electron chi connectivity index (χ2n) is 6.43. The van der Waals surface area contributed by atoms with E-state index in [4.69, 9.17) is 0 Å². The fraction of sp³-hybridized carbons (Fsp3) is 0.565. The van der Waals surface area contributed by atoms with Crippen LogP contribution in [0.15, 0.2) is 47.6 Å². The van der Waals surface area contributed by atoms with Crippen LogP contribution in [0.5, 0.6) is 0 Å². The summed E-state index contributed by atoms with van der Waals surface area (Å²) in [5.74, 6) is 0.557. The average molecular weight is 345 g/mol. The smallest absolute Gasteiger partial charge is 0.0208 e. The summed E-state index contributed by atoms with van der Waals surface area (Å²) in [6.45, 7) is 15.8. The van der Waals surface area contributed by atoms with Crippen molar-refractivity contribution in [1.82, 2.24) is 10.6 Å². The first kappa shape index (κ1) is 23.6. The molecule has 2 heteroatoms. The molecule has 0 saturated heterocycles. The number of hydrogen-bond acceptors (Lipinski definition) is 2. The summed E-state index contributed by atoms with van der Waals surface area (Å²) < 4.78 is 0. The Morgan fingerprint density at radius 3 is 2.36 bits per heavy atom. The number of rotatable bonds is 10. The molecule has 25 heavy (non-hydrogen) atoms. The van der Waals surface area contributed by atoms with Gasteiger partial charge in [-0.3, -0.25) is 0 Å². The van der Waals surface area contributed by atoms with Gasteiger partial charge in [-0.05, 0) is 64.3 Å². The molecular formula is C23H40N2. The minimum absolute atomic E-state index is 0.557. The van der Waals surface area contributed by atoms with E-state index in [0.29, 0.717) is 5.92 Å². The third kappa shape index (κ3) is 10.3. The van der Waals surface area contributed by atoms with E-state index in [2.05, 4.69) is 74.7 Å². The van der Waals surface area contributed by atoms with Gasteiger partial charge in [0.25, 0.3) is 0 Å². The summed E-state index contributed by atoms with van der Waals surface area (Å²) >= 11 is 0. The summed E-state index contributed by atoms with van der Waals surface area (Å²) in [5, 5.41) is 6.85. The molecule has 0 aliphatic heterocycles. The molecule has 2 N–H and O–H groups in total. The van der Waals surface area contributed by atoms with Gasteiger partial charge in [0.15, 0.2) is 0 Å². The van der Waals surface area contributed by atoms with Crippen molar-refractivity contribution in [2.24, 2.45) is 5.92 Å². The van der Waals surface area contributed by atoms with Crippen LogP contribution in [-0.4, -0.2) is 20.1 Å². The van der Waals surface area contributed by atoms with E-state index in [1.807, 2.05) is 20.9 Å². The van der Waals surface area contributed by atoms with Crippen LogP contribution in [0.4, 0.5) is 0 Å². The Morgan fingerprint density at radius 1 is 1.12 bits per heavy atom. The van der Waals surface area contributed by atoms with Gasteiger partial charge in [-0.15, -0.1) is 0 Å². The Morgan fingerprint density at radius 2 is 1.76 bits per heavy atom. The van der Waals surface area contributed by atoms with E-state index in [0.717, 1.165) is 26.1 Å². The Labute approximate surface area is 156 Å². The van der Waals surface area contributed by atoms with E-state index in [1.54, 1.807) is 0 Å². The molecule has 0 aliphatic carbocycles. The number of benzene rings is 1. The van der Waals surface area contributed by atoms with Crippen molar-refractivity contribution in [3.8, 4) is 0 Å². The first-order chi connectivity index (χ1) is 12.1. The van der Waals surface area contributed by atoms with Crippen LogP contribution in [0.1, 0.15) is 59.1 Å². The van der Waals surface area contributed by atoms with Gasteiger partial charge in [0.2, 0.25) is 0 Å². The minimum atomic E-state index is 0.557. The molecule has 0 spiro atoms. The zero-order valence-corrected chi connectivity index (χ0v) is 17.6. The monoisotopic (exact) mass is 344 g/mol. The maximum atomic E-state index is 3.63. The molecule has 0 bridgehead atoms. The van der Waals surface area contributed by atoms with Crippen molar-refractivity contribution in [2.75, 3.05) is 20.1 Å². The lowest BCUT2D eigenvalue weighted by atomic mass is 9.99. The fourth-order valence-corrected chi connectivity index (χ4v) is 2.60. The van der Waals surface area contributed by atoms with Crippen molar-refractivity contribution >= 4 is 0 Å². The molecule has 1 atom stereocenters. The van der Waals surface area contributed by atoms with Gasteiger partial charge in [0.05, 0.1) is 0 Å². The highest BCUT2D eigenvalue weighted by atomic mass is 14.9.